The van der Waals surface area contributed by atoms with E-state index in [1.54, 1.807) is 12.1 Å². The van der Waals surface area contributed by atoms with Crippen molar-refractivity contribution in [1.29, 1.82) is 0 Å². The molecule has 1 atom stereocenters. The second-order valence-corrected chi connectivity index (χ2v) is 5.46. The molecule has 0 heterocycles. The average Bonchev–Trinajstić information content (AvgIpc) is 2.62. The van der Waals surface area contributed by atoms with Gasteiger partial charge >= 0.3 is 0 Å². The lowest BCUT2D eigenvalue weighted by molar-refractivity contribution is 0.0763. The van der Waals surface area contributed by atoms with Crippen molar-refractivity contribution in [1.82, 2.24) is 4.90 Å². The van der Waals surface area contributed by atoms with Crippen molar-refractivity contribution in [3.05, 3.63) is 71.8 Å². The number of likely N-dealkylation sites (N-methyl/N-ethyl adjacent to an activating group) is 1. The van der Waals surface area contributed by atoms with E-state index >= 15 is 0 Å². The number of hydrogen-bond donors (Lipinski definition) is 0. The molecule has 3 heteroatoms. The molecule has 0 aliphatic rings. The molecule has 120 valence electrons. The summed E-state index contributed by atoms with van der Waals surface area (Å²) in [5.74, 6) is 0.0189. The average molecular weight is 309 g/mol. The Morgan fingerprint density at radius 2 is 1.30 bits per heavy atom. The second kappa shape index (κ2) is 8.39. The van der Waals surface area contributed by atoms with Crippen LogP contribution < -0.4 is 0 Å². The fourth-order valence-corrected chi connectivity index (χ4v) is 2.76. The normalized spacial score (nSPS) is 12.1. The van der Waals surface area contributed by atoms with Crippen molar-refractivity contribution in [2.45, 2.75) is 26.3 Å². The smallest absolute Gasteiger partial charge is 0.180 e. The van der Waals surface area contributed by atoms with E-state index in [2.05, 4.69) is 4.90 Å². The number of carbonyl (C=O) groups excluding carboxylic acids is 2. The van der Waals surface area contributed by atoms with Crippen LogP contribution in [0.4, 0.5) is 0 Å². The summed E-state index contributed by atoms with van der Waals surface area (Å²) < 4.78 is 0. The molecule has 0 aliphatic carbocycles. The third-order valence-electron chi connectivity index (χ3n) is 4.09. The van der Waals surface area contributed by atoms with Gasteiger partial charge in [0.1, 0.15) is 0 Å². The van der Waals surface area contributed by atoms with Crippen LogP contribution in [0.15, 0.2) is 60.7 Å². The SMILES string of the molecule is CCN(CC)[C@H](CC(=O)c1ccccc1)C(=O)c1ccccc1. The zero-order chi connectivity index (χ0) is 16.7. The number of hydrogen-bond acceptors (Lipinski definition) is 3. The highest BCUT2D eigenvalue weighted by Gasteiger charge is 2.27. The number of carbonyl (C=O) groups is 2. The molecule has 2 aromatic carbocycles. The van der Waals surface area contributed by atoms with Crippen molar-refractivity contribution in [3.8, 4) is 0 Å². The number of nitrogens with zero attached hydrogens (tertiary/aromatic N) is 1. The van der Waals surface area contributed by atoms with Crippen LogP contribution in [-0.2, 0) is 0 Å². The van der Waals surface area contributed by atoms with E-state index in [-0.39, 0.29) is 18.0 Å². The van der Waals surface area contributed by atoms with Gasteiger partial charge in [-0.1, -0.05) is 74.5 Å². The summed E-state index contributed by atoms with van der Waals surface area (Å²) in [4.78, 5) is 27.5. The standard InChI is InChI=1S/C20H23NO2/c1-3-21(4-2)18(20(23)17-13-9-6-10-14-17)15-19(22)16-11-7-5-8-12-16/h5-14,18H,3-4,15H2,1-2H3/t18-/m1/s1. The van der Waals surface area contributed by atoms with Gasteiger partial charge < -0.3 is 0 Å². The van der Waals surface area contributed by atoms with Gasteiger partial charge in [-0.15, -0.1) is 0 Å². The fraction of sp³-hybridized carbons (Fsp3) is 0.300. The van der Waals surface area contributed by atoms with Gasteiger partial charge in [0.2, 0.25) is 0 Å². The highest BCUT2D eigenvalue weighted by atomic mass is 16.1. The molecular formula is C20H23NO2. The lowest BCUT2D eigenvalue weighted by atomic mass is 9.95. The molecule has 0 radical (unpaired) electrons. The summed E-state index contributed by atoms with van der Waals surface area (Å²) in [7, 11) is 0. The van der Waals surface area contributed by atoms with Crippen LogP contribution in [0, 0.1) is 0 Å². The Kier molecular flexibility index (Phi) is 6.24. The van der Waals surface area contributed by atoms with Gasteiger partial charge in [0.05, 0.1) is 6.04 Å². The molecule has 0 N–H and O–H groups in total. The Morgan fingerprint density at radius 1 is 0.826 bits per heavy atom. The first kappa shape index (κ1) is 17.1. The summed E-state index contributed by atoms with van der Waals surface area (Å²) in [6.45, 7) is 5.51. The number of Topliss-reactive ketones (excluding diaryl/α,β-unsaturated/α-hetero) is 2. The van der Waals surface area contributed by atoms with Gasteiger partial charge in [0.15, 0.2) is 11.6 Å². The zero-order valence-corrected chi connectivity index (χ0v) is 13.7. The minimum absolute atomic E-state index is 0.00628. The second-order valence-electron chi connectivity index (χ2n) is 5.46. The van der Waals surface area contributed by atoms with E-state index in [4.69, 9.17) is 0 Å². The van der Waals surface area contributed by atoms with Crippen LogP contribution in [0.3, 0.4) is 0 Å². The largest absolute Gasteiger partial charge is 0.294 e. The maximum absolute atomic E-state index is 12.9. The van der Waals surface area contributed by atoms with Gasteiger partial charge in [0.25, 0.3) is 0 Å². The van der Waals surface area contributed by atoms with E-state index in [0.29, 0.717) is 11.1 Å². The molecule has 3 nitrogen and oxygen atoms in total. The van der Waals surface area contributed by atoms with Crippen molar-refractivity contribution < 1.29 is 9.59 Å². The molecule has 0 aromatic heterocycles. The Morgan fingerprint density at radius 3 is 1.78 bits per heavy atom. The van der Waals surface area contributed by atoms with E-state index in [0.717, 1.165) is 13.1 Å². The van der Waals surface area contributed by atoms with Crippen LogP contribution in [0.1, 0.15) is 41.0 Å². The Labute approximate surface area is 137 Å². The molecule has 0 amide bonds. The molecular weight excluding hydrogens is 286 g/mol. The van der Waals surface area contributed by atoms with Crippen molar-refractivity contribution in [2.75, 3.05) is 13.1 Å². The lowest BCUT2D eigenvalue weighted by Crippen LogP contribution is -2.42. The van der Waals surface area contributed by atoms with Gasteiger partial charge in [-0.3, -0.25) is 14.5 Å². The molecule has 0 saturated carbocycles. The van der Waals surface area contributed by atoms with Crippen LogP contribution in [0.2, 0.25) is 0 Å². The zero-order valence-electron chi connectivity index (χ0n) is 13.7. The highest BCUT2D eigenvalue weighted by Crippen LogP contribution is 2.16. The van der Waals surface area contributed by atoms with Gasteiger partial charge in [-0.05, 0) is 13.1 Å². The van der Waals surface area contributed by atoms with Crippen molar-refractivity contribution >= 4 is 11.6 Å². The van der Waals surface area contributed by atoms with Crippen molar-refractivity contribution in [2.24, 2.45) is 0 Å². The Hall–Kier alpha value is -2.26. The molecule has 0 unspecified atom stereocenters. The fourth-order valence-electron chi connectivity index (χ4n) is 2.76. The summed E-state index contributed by atoms with van der Waals surface area (Å²) in [5.41, 5.74) is 1.32. The molecule has 0 bridgehead atoms. The predicted molar refractivity (Wildman–Crippen MR) is 92.9 cm³/mol. The topological polar surface area (TPSA) is 37.4 Å². The summed E-state index contributed by atoms with van der Waals surface area (Å²) in [6.07, 6.45) is 0.208. The Balaban J connectivity index is 2.24. The monoisotopic (exact) mass is 309 g/mol. The van der Waals surface area contributed by atoms with E-state index in [9.17, 15) is 9.59 Å². The minimum Gasteiger partial charge on any atom is -0.294 e. The van der Waals surface area contributed by atoms with Crippen LogP contribution in [0.5, 0.6) is 0 Å². The molecule has 0 aliphatic heterocycles. The van der Waals surface area contributed by atoms with E-state index in [1.807, 2.05) is 62.4 Å². The lowest BCUT2D eigenvalue weighted by Gasteiger charge is -2.28. The van der Waals surface area contributed by atoms with Crippen LogP contribution in [0.25, 0.3) is 0 Å². The summed E-state index contributed by atoms with van der Waals surface area (Å²) in [6, 6.07) is 18.0. The quantitative estimate of drug-likeness (QED) is 0.695. The van der Waals surface area contributed by atoms with Gasteiger partial charge in [0, 0.05) is 17.5 Å². The Bertz CT molecular complexity index is 633. The molecule has 23 heavy (non-hydrogen) atoms. The summed E-state index contributed by atoms with van der Waals surface area (Å²) in [5, 5.41) is 0. The molecule has 0 fully saturated rings. The first-order chi connectivity index (χ1) is 11.2. The maximum atomic E-state index is 12.9. The molecule has 2 rings (SSSR count). The minimum atomic E-state index is -0.417. The first-order valence-electron chi connectivity index (χ1n) is 8.08. The maximum Gasteiger partial charge on any atom is 0.180 e. The first-order valence-corrected chi connectivity index (χ1v) is 8.08. The predicted octanol–water partition coefficient (Wildman–Crippen LogP) is 3.85. The van der Waals surface area contributed by atoms with Gasteiger partial charge in [-0.25, -0.2) is 0 Å². The number of benzene rings is 2. The van der Waals surface area contributed by atoms with Crippen LogP contribution in [-0.4, -0.2) is 35.6 Å². The number of rotatable bonds is 8. The van der Waals surface area contributed by atoms with Crippen molar-refractivity contribution in [3.63, 3.8) is 0 Å². The highest BCUT2D eigenvalue weighted by molar-refractivity contribution is 6.05. The van der Waals surface area contributed by atoms with Crippen LogP contribution >= 0.6 is 0 Å². The number of ketones is 2. The van der Waals surface area contributed by atoms with E-state index < -0.39 is 6.04 Å². The summed E-state index contributed by atoms with van der Waals surface area (Å²) >= 11 is 0. The van der Waals surface area contributed by atoms with Gasteiger partial charge in [-0.2, -0.15) is 0 Å². The van der Waals surface area contributed by atoms with E-state index in [1.165, 1.54) is 0 Å². The molecule has 0 spiro atoms. The molecule has 2 aromatic rings. The third kappa shape index (κ3) is 4.36. The third-order valence-corrected chi connectivity index (χ3v) is 4.09. The molecule has 0 saturated heterocycles.